The molecule has 22 nitrogen and oxygen atoms in total. The van der Waals surface area contributed by atoms with Gasteiger partial charge in [0.2, 0.25) is 5.91 Å². The van der Waals surface area contributed by atoms with Gasteiger partial charge in [-0.1, -0.05) is 5.11 Å². The number of phosphoric ester groups is 1. The minimum absolute atomic E-state index is 0.749. The monoisotopic (exact) mass is 641 g/mol. The number of amides is 3. The van der Waals surface area contributed by atoms with Gasteiger partial charge in [0, 0.05) is 24.5 Å². The topological polar surface area (TPSA) is 349 Å². The smallest absolute Gasteiger partial charge is 0.475 e. The number of phosphoric acid groups is 1. The summed E-state index contributed by atoms with van der Waals surface area (Å²) in [7, 11) is -5.53. The summed E-state index contributed by atoms with van der Waals surface area (Å²) in [5.41, 5.74) is 14.0. The lowest BCUT2D eigenvalue weighted by Crippen LogP contribution is -2.67. The van der Waals surface area contributed by atoms with E-state index in [0.717, 1.165) is 11.8 Å². The Morgan fingerprint density at radius 2 is 2.05 bits per heavy atom. The van der Waals surface area contributed by atoms with Crippen LogP contribution in [0.1, 0.15) is 13.3 Å². The minimum Gasteiger partial charge on any atom is -0.477 e. The SMILES string of the molecule is CC(=O)N[C@H]1[C@H]([C@H](O)[C@H](O)CN=[N+]=[N-])O[C@@](OP(=O)(O)OC[C@H]2O[C@@H](N3C=CC(N)NC3=O)[C@H](O)[C@@H]2O)(C(=O)O)C[C@@H]1O. The number of azide groups is 1. The maximum absolute atomic E-state index is 12.9. The molecule has 0 spiro atoms. The highest BCUT2D eigenvalue weighted by Crippen LogP contribution is 2.51. The Labute approximate surface area is 241 Å². The van der Waals surface area contributed by atoms with Gasteiger partial charge in [-0.3, -0.25) is 14.2 Å². The molecule has 12 atom stereocenters. The van der Waals surface area contributed by atoms with Crippen molar-refractivity contribution in [2.75, 3.05) is 13.2 Å². The van der Waals surface area contributed by atoms with Crippen LogP contribution < -0.4 is 16.4 Å². The number of aliphatic hydroxyl groups is 5. The third kappa shape index (κ3) is 7.96. The zero-order chi connectivity index (χ0) is 32.3. The number of aliphatic hydroxyl groups excluding tert-OH is 5. The Morgan fingerprint density at radius 3 is 2.63 bits per heavy atom. The molecule has 3 aliphatic rings. The first-order valence-electron chi connectivity index (χ1n) is 12.5. The van der Waals surface area contributed by atoms with Crippen LogP contribution in [0.5, 0.6) is 0 Å². The molecule has 2 fully saturated rings. The van der Waals surface area contributed by atoms with Crippen molar-refractivity contribution in [1.29, 1.82) is 0 Å². The molecular formula is C20H32N7O15P. The number of urea groups is 1. The molecule has 11 N–H and O–H groups in total. The van der Waals surface area contributed by atoms with E-state index in [0.29, 0.717) is 0 Å². The van der Waals surface area contributed by atoms with E-state index in [2.05, 4.69) is 20.7 Å². The van der Waals surface area contributed by atoms with Gasteiger partial charge in [0.1, 0.15) is 30.5 Å². The van der Waals surface area contributed by atoms with Crippen molar-refractivity contribution in [3.05, 3.63) is 22.7 Å². The van der Waals surface area contributed by atoms with Crippen LogP contribution in [0.3, 0.4) is 0 Å². The molecule has 0 bridgehead atoms. The second kappa shape index (κ2) is 13.8. The Hall–Kier alpha value is -2.95. The number of nitrogens with zero attached hydrogens (tertiary/aromatic N) is 4. The zero-order valence-corrected chi connectivity index (χ0v) is 23.2. The maximum Gasteiger partial charge on any atom is 0.475 e. The highest BCUT2D eigenvalue weighted by molar-refractivity contribution is 7.47. The van der Waals surface area contributed by atoms with Crippen molar-refractivity contribution in [3.63, 3.8) is 0 Å². The number of carboxylic acids is 1. The summed E-state index contributed by atoms with van der Waals surface area (Å²) < 4.78 is 33.2. The Bertz CT molecular complexity index is 1190. The molecule has 3 rings (SSSR count). The highest BCUT2D eigenvalue weighted by atomic mass is 31.2. The van der Waals surface area contributed by atoms with Gasteiger partial charge in [0.05, 0.1) is 37.6 Å². The van der Waals surface area contributed by atoms with E-state index >= 15 is 0 Å². The number of carboxylic acid groups (broad SMARTS) is 1. The van der Waals surface area contributed by atoms with E-state index in [1.54, 1.807) is 0 Å². The quantitative estimate of drug-likeness (QED) is 0.0418. The van der Waals surface area contributed by atoms with E-state index in [-0.39, 0.29) is 0 Å². The van der Waals surface area contributed by atoms with Gasteiger partial charge in [-0.25, -0.2) is 18.7 Å². The number of hydrogen-bond donors (Lipinski definition) is 10. The normalized spacial score (nSPS) is 37.0. The van der Waals surface area contributed by atoms with Crippen LogP contribution in [0.25, 0.3) is 10.4 Å². The number of ether oxygens (including phenoxy) is 2. The molecule has 0 saturated carbocycles. The number of hydrogen-bond acceptors (Lipinski definition) is 15. The fourth-order valence-corrected chi connectivity index (χ4v) is 5.49. The van der Waals surface area contributed by atoms with Crippen LogP contribution in [0.15, 0.2) is 17.4 Å². The first-order valence-corrected chi connectivity index (χ1v) is 14.0. The number of nitrogens with one attached hydrogen (secondary N) is 2. The van der Waals surface area contributed by atoms with Gasteiger partial charge in [-0.2, -0.15) is 0 Å². The van der Waals surface area contributed by atoms with Gasteiger partial charge in [-0.05, 0) is 11.6 Å². The molecule has 0 aromatic heterocycles. The first-order chi connectivity index (χ1) is 20.0. The number of nitrogens with two attached hydrogens (primary N) is 1. The summed E-state index contributed by atoms with van der Waals surface area (Å²) in [4.78, 5) is 49.8. The number of carbonyl (C=O) groups excluding carboxylic acids is 2. The largest absolute Gasteiger partial charge is 0.477 e. The summed E-state index contributed by atoms with van der Waals surface area (Å²) >= 11 is 0. The molecule has 2 unspecified atom stereocenters. The van der Waals surface area contributed by atoms with Crippen molar-refractivity contribution in [1.82, 2.24) is 15.5 Å². The van der Waals surface area contributed by atoms with Crippen molar-refractivity contribution >= 4 is 25.7 Å². The summed E-state index contributed by atoms with van der Waals surface area (Å²) in [5, 5.41) is 69.7. The number of aliphatic carboxylic acids is 1. The maximum atomic E-state index is 12.9. The molecule has 0 aromatic rings. The third-order valence-corrected chi connectivity index (χ3v) is 7.59. The summed E-state index contributed by atoms with van der Waals surface area (Å²) in [5.74, 6) is -6.10. The van der Waals surface area contributed by atoms with Crippen LogP contribution >= 0.6 is 7.82 Å². The van der Waals surface area contributed by atoms with Crippen molar-refractivity contribution in [2.24, 2.45) is 10.8 Å². The minimum atomic E-state index is -5.53. The third-order valence-electron chi connectivity index (χ3n) is 6.59. The molecule has 3 heterocycles. The van der Waals surface area contributed by atoms with Gasteiger partial charge in [0.15, 0.2) is 6.23 Å². The highest BCUT2D eigenvalue weighted by Gasteiger charge is 2.59. The van der Waals surface area contributed by atoms with E-state index in [1.807, 2.05) is 0 Å². The van der Waals surface area contributed by atoms with Crippen LogP contribution in [0, 0.1) is 0 Å². The predicted molar refractivity (Wildman–Crippen MR) is 135 cm³/mol. The molecule has 23 heteroatoms. The molecule has 0 aromatic carbocycles. The summed E-state index contributed by atoms with van der Waals surface area (Å²) in [6.07, 6.45) is -14.0. The van der Waals surface area contributed by atoms with Crippen molar-refractivity contribution in [3.8, 4) is 0 Å². The van der Waals surface area contributed by atoms with E-state index < -0.39 is 112 Å². The zero-order valence-electron chi connectivity index (χ0n) is 22.3. The lowest BCUT2D eigenvalue weighted by atomic mass is 9.88. The molecule has 43 heavy (non-hydrogen) atoms. The fourth-order valence-electron chi connectivity index (χ4n) is 4.54. The van der Waals surface area contributed by atoms with Gasteiger partial charge in [0.25, 0.3) is 5.79 Å². The van der Waals surface area contributed by atoms with Crippen LogP contribution in [-0.2, 0) is 32.7 Å². The predicted octanol–water partition coefficient (Wildman–Crippen LogP) is -4.14. The average molecular weight is 641 g/mol. The molecular weight excluding hydrogens is 609 g/mol. The molecule has 0 radical (unpaired) electrons. The average Bonchev–Trinajstić information content (AvgIpc) is 3.19. The lowest BCUT2D eigenvalue weighted by molar-refractivity contribution is -0.287. The Morgan fingerprint density at radius 1 is 1.37 bits per heavy atom. The van der Waals surface area contributed by atoms with E-state index in [4.69, 9.17) is 29.8 Å². The van der Waals surface area contributed by atoms with Gasteiger partial charge < -0.3 is 61.4 Å². The number of carbonyl (C=O) groups is 3. The van der Waals surface area contributed by atoms with E-state index in [9.17, 15) is 54.5 Å². The Balaban J connectivity index is 1.77. The van der Waals surface area contributed by atoms with Crippen LogP contribution in [0.2, 0.25) is 0 Å². The summed E-state index contributed by atoms with van der Waals surface area (Å²) in [6.45, 7) is -0.742. The molecule has 3 aliphatic heterocycles. The molecule has 2 saturated heterocycles. The first kappa shape index (κ1) is 34.5. The van der Waals surface area contributed by atoms with Crippen LogP contribution in [-0.4, -0.2) is 138 Å². The Kier molecular flexibility index (Phi) is 11.1. The van der Waals surface area contributed by atoms with Crippen molar-refractivity contribution < 1.29 is 73.0 Å². The fraction of sp³-hybridized carbons (Fsp3) is 0.750. The second-order valence-electron chi connectivity index (χ2n) is 9.74. The molecule has 242 valence electrons. The lowest BCUT2D eigenvalue weighted by Gasteiger charge is -2.46. The second-order valence-corrected chi connectivity index (χ2v) is 11.1. The van der Waals surface area contributed by atoms with Crippen molar-refractivity contribution in [2.45, 2.75) is 80.3 Å². The van der Waals surface area contributed by atoms with Crippen LogP contribution in [0.4, 0.5) is 4.79 Å². The molecule has 0 aliphatic carbocycles. The van der Waals surface area contributed by atoms with E-state index in [1.165, 1.54) is 12.3 Å². The molecule has 3 amide bonds. The standard InChI is InChI=1S/C20H32N7O15P/c1-7(28)24-12-8(29)4-20(18(34)35,41-16(12)13(31)9(30)5-23-26-22)42-43(37,38)39-6-10-14(32)15(33)17(40-10)27-3-2-11(21)25-19(27)36/h2-3,8-17,29-33H,4-6,21H2,1H3,(H,24,28)(H,25,36)(H,34,35)(H,37,38)/t8-,9+,10+,11?,12+,13+,14+,15+,16+,17+,20-/m0/s1. The number of rotatable bonds is 12. The summed E-state index contributed by atoms with van der Waals surface area (Å²) in [6, 6.07) is -2.38. The van der Waals surface area contributed by atoms with Gasteiger partial charge in [-0.15, -0.1) is 0 Å². The van der Waals surface area contributed by atoms with Gasteiger partial charge >= 0.3 is 19.8 Å².